The van der Waals surface area contributed by atoms with Crippen LogP contribution in [0, 0.1) is 5.92 Å². The summed E-state index contributed by atoms with van der Waals surface area (Å²) in [5, 5.41) is 11.3. The second-order valence-electron chi connectivity index (χ2n) is 3.86. The highest BCUT2D eigenvalue weighted by Crippen LogP contribution is 2.13. The van der Waals surface area contributed by atoms with Gasteiger partial charge in [-0.1, -0.05) is 12.1 Å². The van der Waals surface area contributed by atoms with E-state index in [9.17, 15) is 9.59 Å². The number of carbonyl (C=O) groups is 2. The van der Waals surface area contributed by atoms with Crippen molar-refractivity contribution in [3.8, 4) is 5.75 Å². The van der Waals surface area contributed by atoms with Gasteiger partial charge < -0.3 is 15.2 Å². The lowest BCUT2D eigenvalue weighted by Crippen LogP contribution is -2.33. The number of benzene rings is 1. The van der Waals surface area contributed by atoms with Crippen molar-refractivity contribution >= 4 is 11.9 Å². The summed E-state index contributed by atoms with van der Waals surface area (Å²) in [7, 11) is 0. The highest BCUT2D eigenvalue weighted by atomic mass is 16.5. The lowest BCUT2D eigenvalue weighted by atomic mass is 10.1. The van der Waals surface area contributed by atoms with Gasteiger partial charge in [0.25, 0.3) is 0 Å². The first-order valence-electron chi connectivity index (χ1n) is 5.76. The Morgan fingerprint density at radius 2 is 2.17 bits per heavy atom. The minimum absolute atomic E-state index is 0.289. The maximum absolute atomic E-state index is 11.4. The summed E-state index contributed by atoms with van der Waals surface area (Å²) < 4.78 is 5.33. The Labute approximate surface area is 106 Å². The van der Waals surface area contributed by atoms with E-state index in [1.165, 1.54) is 6.92 Å². The van der Waals surface area contributed by atoms with Gasteiger partial charge in [0.2, 0.25) is 5.91 Å². The van der Waals surface area contributed by atoms with Gasteiger partial charge in [0, 0.05) is 6.54 Å². The summed E-state index contributed by atoms with van der Waals surface area (Å²) in [6.45, 7) is 4.11. The van der Waals surface area contributed by atoms with Crippen LogP contribution in [0.4, 0.5) is 0 Å². The van der Waals surface area contributed by atoms with Crippen molar-refractivity contribution in [3.05, 3.63) is 29.8 Å². The van der Waals surface area contributed by atoms with Gasteiger partial charge in [0.15, 0.2) is 0 Å². The van der Waals surface area contributed by atoms with Crippen LogP contribution < -0.4 is 10.1 Å². The Hall–Kier alpha value is -2.04. The molecule has 98 valence electrons. The van der Waals surface area contributed by atoms with Crippen LogP contribution in [0.5, 0.6) is 5.75 Å². The average Bonchev–Trinajstić information content (AvgIpc) is 2.36. The maximum atomic E-state index is 11.4. The molecule has 0 aliphatic rings. The standard InChI is InChI=1S/C13H17NO4/c1-3-18-11-6-4-5-10(7-11)8-14-12(15)9(2)13(16)17/h4-7,9H,3,8H2,1-2H3,(H,14,15)(H,16,17). The Morgan fingerprint density at radius 3 is 2.78 bits per heavy atom. The summed E-state index contributed by atoms with van der Waals surface area (Å²) >= 11 is 0. The molecule has 0 radical (unpaired) electrons. The lowest BCUT2D eigenvalue weighted by Gasteiger charge is -2.09. The molecule has 0 aliphatic heterocycles. The Balaban J connectivity index is 2.55. The summed E-state index contributed by atoms with van der Waals surface area (Å²) in [6.07, 6.45) is 0. The Morgan fingerprint density at radius 1 is 1.44 bits per heavy atom. The molecule has 2 N–H and O–H groups in total. The summed E-state index contributed by atoms with van der Waals surface area (Å²) in [4.78, 5) is 22.1. The van der Waals surface area contributed by atoms with E-state index in [0.29, 0.717) is 6.61 Å². The van der Waals surface area contributed by atoms with Gasteiger partial charge in [-0.15, -0.1) is 0 Å². The van der Waals surface area contributed by atoms with Crippen LogP contribution in [0.2, 0.25) is 0 Å². The SMILES string of the molecule is CCOc1cccc(CNC(=O)C(C)C(=O)O)c1. The normalized spacial score (nSPS) is 11.7. The minimum Gasteiger partial charge on any atom is -0.494 e. The molecule has 0 fully saturated rings. The minimum atomic E-state index is -1.13. The van der Waals surface area contributed by atoms with Crippen molar-refractivity contribution in [2.24, 2.45) is 5.92 Å². The monoisotopic (exact) mass is 251 g/mol. The van der Waals surface area contributed by atoms with Gasteiger partial charge in [0.05, 0.1) is 6.61 Å². The summed E-state index contributed by atoms with van der Waals surface area (Å²) in [5.41, 5.74) is 0.867. The third-order valence-electron chi connectivity index (χ3n) is 2.44. The number of aliphatic carboxylic acids is 1. The van der Waals surface area contributed by atoms with E-state index in [1.54, 1.807) is 0 Å². The average molecular weight is 251 g/mol. The molecule has 1 rings (SSSR count). The number of carbonyl (C=O) groups excluding carboxylic acids is 1. The summed E-state index contributed by atoms with van der Waals surface area (Å²) in [6, 6.07) is 7.31. The van der Waals surface area contributed by atoms with E-state index < -0.39 is 17.8 Å². The number of hydrogen-bond donors (Lipinski definition) is 2. The number of nitrogens with one attached hydrogen (secondary N) is 1. The number of rotatable bonds is 6. The van der Waals surface area contributed by atoms with Gasteiger partial charge in [-0.25, -0.2) is 0 Å². The molecule has 0 aromatic heterocycles. The largest absolute Gasteiger partial charge is 0.494 e. The van der Waals surface area contributed by atoms with E-state index in [2.05, 4.69) is 5.32 Å². The molecule has 0 bridgehead atoms. The van der Waals surface area contributed by atoms with Gasteiger partial charge in [-0.2, -0.15) is 0 Å². The summed E-state index contributed by atoms with van der Waals surface area (Å²) in [5.74, 6) is -1.93. The fraction of sp³-hybridized carbons (Fsp3) is 0.385. The first kappa shape index (κ1) is 14.0. The third kappa shape index (κ3) is 4.08. The fourth-order valence-electron chi connectivity index (χ4n) is 1.37. The van der Waals surface area contributed by atoms with Crippen molar-refractivity contribution in [2.45, 2.75) is 20.4 Å². The number of ether oxygens (including phenoxy) is 1. The van der Waals surface area contributed by atoms with Crippen LogP contribution in [-0.2, 0) is 16.1 Å². The molecule has 1 unspecified atom stereocenters. The van der Waals surface area contributed by atoms with Crippen LogP contribution in [0.3, 0.4) is 0 Å². The second kappa shape index (κ2) is 6.64. The molecule has 0 heterocycles. The lowest BCUT2D eigenvalue weighted by molar-refractivity contribution is -0.146. The topological polar surface area (TPSA) is 75.6 Å². The predicted octanol–water partition coefficient (Wildman–Crippen LogP) is 1.42. The number of amides is 1. The molecule has 0 saturated heterocycles. The van der Waals surface area contributed by atoms with Crippen LogP contribution in [0.1, 0.15) is 19.4 Å². The van der Waals surface area contributed by atoms with Crippen molar-refractivity contribution in [2.75, 3.05) is 6.61 Å². The van der Waals surface area contributed by atoms with Gasteiger partial charge in [-0.05, 0) is 31.5 Å². The number of carboxylic acids is 1. The van der Waals surface area contributed by atoms with Gasteiger partial charge >= 0.3 is 5.97 Å². The fourth-order valence-corrected chi connectivity index (χ4v) is 1.37. The molecule has 0 saturated carbocycles. The van der Waals surface area contributed by atoms with Crippen molar-refractivity contribution in [3.63, 3.8) is 0 Å². The van der Waals surface area contributed by atoms with Crippen LogP contribution in [0.25, 0.3) is 0 Å². The zero-order valence-corrected chi connectivity index (χ0v) is 10.5. The van der Waals surface area contributed by atoms with Gasteiger partial charge in [0.1, 0.15) is 11.7 Å². The molecule has 1 aromatic rings. The zero-order chi connectivity index (χ0) is 13.5. The molecule has 1 aromatic carbocycles. The smallest absolute Gasteiger partial charge is 0.315 e. The zero-order valence-electron chi connectivity index (χ0n) is 10.5. The molecule has 18 heavy (non-hydrogen) atoms. The molecule has 0 aliphatic carbocycles. The number of carboxylic acid groups (broad SMARTS) is 1. The van der Waals surface area contributed by atoms with Crippen LogP contribution in [0.15, 0.2) is 24.3 Å². The molecule has 0 spiro atoms. The van der Waals surface area contributed by atoms with Crippen molar-refractivity contribution in [1.29, 1.82) is 0 Å². The van der Waals surface area contributed by atoms with E-state index in [-0.39, 0.29) is 6.54 Å². The molecule has 1 atom stereocenters. The van der Waals surface area contributed by atoms with E-state index in [1.807, 2.05) is 31.2 Å². The quantitative estimate of drug-likeness (QED) is 0.750. The van der Waals surface area contributed by atoms with Crippen molar-refractivity contribution < 1.29 is 19.4 Å². The highest BCUT2D eigenvalue weighted by molar-refractivity contribution is 5.96. The first-order chi connectivity index (χ1) is 8.54. The number of hydrogen-bond acceptors (Lipinski definition) is 3. The van der Waals surface area contributed by atoms with E-state index in [4.69, 9.17) is 9.84 Å². The highest BCUT2D eigenvalue weighted by Gasteiger charge is 2.19. The van der Waals surface area contributed by atoms with Crippen molar-refractivity contribution in [1.82, 2.24) is 5.32 Å². The molecule has 1 amide bonds. The molecule has 5 heteroatoms. The predicted molar refractivity (Wildman–Crippen MR) is 66.3 cm³/mol. The first-order valence-corrected chi connectivity index (χ1v) is 5.76. The van der Waals surface area contributed by atoms with E-state index in [0.717, 1.165) is 11.3 Å². The molecule has 5 nitrogen and oxygen atoms in total. The third-order valence-corrected chi connectivity index (χ3v) is 2.44. The van der Waals surface area contributed by atoms with Crippen LogP contribution in [-0.4, -0.2) is 23.6 Å². The Kier molecular flexibility index (Phi) is 5.17. The van der Waals surface area contributed by atoms with E-state index >= 15 is 0 Å². The molecular formula is C13H17NO4. The molecular weight excluding hydrogens is 234 g/mol. The van der Waals surface area contributed by atoms with Gasteiger partial charge in [-0.3, -0.25) is 9.59 Å². The maximum Gasteiger partial charge on any atom is 0.315 e. The van der Waals surface area contributed by atoms with Crippen LogP contribution >= 0.6 is 0 Å². The Bertz CT molecular complexity index is 431. The second-order valence-corrected chi connectivity index (χ2v) is 3.86.